The molecule has 0 radical (unpaired) electrons. The van der Waals surface area contributed by atoms with Crippen LogP contribution in [0.25, 0.3) is 0 Å². The molecule has 26 heavy (non-hydrogen) atoms. The van der Waals surface area contributed by atoms with Crippen LogP contribution in [0.1, 0.15) is 20.7 Å². The highest BCUT2D eigenvalue weighted by molar-refractivity contribution is 14.1. The van der Waals surface area contributed by atoms with E-state index in [2.05, 4.69) is 49.2 Å². The Kier molecular flexibility index (Phi) is 6.05. The van der Waals surface area contributed by atoms with E-state index in [0.717, 1.165) is 8.04 Å². The first-order chi connectivity index (χ1) is 12.5. The van der Waals surface area contributed by atoms with Crippen LogP contribution in [0.3, 0.4) is 0 Å². The smallest absolute Gasteiger partial charge is 0.255 e. The van der Waals surface area contributed by atoms with Crippen molar-refractivity contribution in [1.29, 1.82) is 0 Å². The lowest BCUT2D eigenvalue weighted by atomic mass is 10.2. The minimum absolute atomic E-state index is 0.195. The molecule has 4 nitrogen and oxygen atoms in total. The van der Waals surface area contributed by atoms with E-state index in [1.165, 1.54) is 0 Å². The fourth-order valence-electron chi connectivity index (χ4n) is 2.34. The molecule has 3 aromatic carbocycles. The highest BCUT2D eigenvalue weighted by atomic mass is 127. The van der Waals surface area contributed by atoms with E-state index in [-0.39, 0.29) is 11.8 Å². The molecule has 3 rings (SSSR count). The minimum Gasteiger partial charge on any atom is -0.322 e. The van der Waals surface area contributed by atoms with Gasteiger partial charge in [0.25, 0.3) is 11.8 Å². The van der Waals surface area contributed by atoms with Crippen LogP contribution < -0.4 is 10.6 Å². The van der Waals surface area contributed by atoms with Gasteiger partial charge in [0.15, 0.2) is 0 Å². The predicted octanol–water partition coefficient (Wildman–Crippen LogP) is 5.56. The van der Waals surface area contributed by atoms with Gasteiger partial charge in [0.05, 0.1) is 0 Å². The van der Waals surface area contributed by atoms with Gasteiger partial charge >= 0.3 is 0 Å². The normalized spacial score (nSPS) is 10.2. The lowest BCUT2D eigenvalue weighted by Gasteiger charge is -2.09. The predicted molar refractivity (Wildman–Crippen MR) is 116 cm³/mol. The molecule has 3 aromatic rings. The molecule has 2 N–H and O–H groups in total. The summed E-state index contributed by atoms with van der Waals surface area (Å²) in [5.74, 6) is -0.411. The fraction of sp³-hybridized carbons (Fsp3) is 0. The van der Waals surface area contributed by atoms with E-state index in [1.54, 1.807) is 48.5 Å². The Morgan fingerprint density at radius 1 is 0.731 bits per heavy atom. The van der Waals surface area contributed by atoms with Crippen molar-refractivity contribution in [3.63, 3.8) is 0 Å². The Morgan fingerprint density at radius 2 is 1.27 bits per heavy atom. The van der Waals surface area contributed by atoms with E-state index >= 15 is 0 Å². The SMILES string of the molecule is O=C(Nc1cccc(NC(=O)c2cccc(I)c2)c1)c1cccc(Br)c1. The molecule has 0 saturated heterocycles. The lowest BCUT2D eigenvalue weighted by molar-refractivity contribution is 0.101. The molecule has 2 amide bonds. The first kappa shape index (κ1) is 18.6. The molecule has 0 unspecified atom stereocenters. The second-order valence-corrected chi connectivity index (χ2v) is 7.67. The van der Waals surface area contributed by atoms with Crippen LogP contribution in [-0.4, -0.2) is 11.8 Å². The monoisotopic (exact) mass is 520 g/mol. The molecular weight excluding hydrogens is 507 g/mol. The number of carbonyl (C=O) groups is 2. The Labute approximate surface area is 173 Å². The van der Waals surface area contributed by atoms with Crippen molar-refractivity contribution in [2.75, 3.05) is 10.6 Å². The Bertz CT molecular complexity index is 901. The number of benzene rings is 3. The number of rotatable bonds is 4. The minimum atomic E-state index is -0.215. The zero-order chi connectivity index (χ0) is 18.5. The van der Waals surface area contributed by atoms with Crippen molar-refractivity contribution in [3.05, 3.63) is 92.0 Å². The number of hydrogen-bond donors (Lipinski definition) is 2. The van der Waals surface area contributed by atoms with Gasteiger partial charge in [0.2, 0.25) is 0 Å². The summed E-state index contributed by atoms with van der Waals surface area (Å²) in [6, 6.07) is 21.5. The van der Waals surface area contributed by atoms with E-state index in [9.17, 15) is 9.59 Å². The molecule has 0 heterocycles. The van der Waals surface area contributed by atoms with Crippen LogP contribution in [0.15, 0.2) is 77.3 Å². The first-order valence-electron chi connectivity index (χ1n) is 7.75. The number of amides is 2. The lowest BCUT2D eigenvalue weighted by Crippen LogP contribution is -2.14. The number of nitrogens with one attached hydrogen (secondary N) is 2. The maximum Gasteiger partial charge on any atom is 0.255 e. The van der Waals surface area contributed by atoms with Crippen LogP contribution in [0.2, 0.25) is 0 Å². The second kappa shape index (κ2) is 8.46. The molecule has 130 valence electrons. The van der Waals surface area contributed by atoms with E-state index < -0.39 is 0 Å². The van der Waals surface area contributed by atoms with Crippen LogP contribution in [0.5, 0.6) is 0 Å². The summed E-state index contributed by atoms with van der Waals surface area (Å²) in [4.78, 5) is 24.7. The average Bonchev–Trinajstić information content (AvgIpc) is 2.62. The summed E-state index contributed by atoms with van der Waals surface area (Å²) in [6.45, 7) is 0. The summed E-state index contributed by atoms with van der Waals surface area (Å²) < 4.78 is 1.83. The standard InChI is InChI=1S/C20H14BrIN2O2/c21-15-6-1-4-13(10-15)19(25)23-17-8-3-9-18(12-17)24-20(26)14-5-2-7-16(22)11-14/h1-12H,(H,23,25)(H,24,26). The van der Waals surface area contributed by atoms with Gasteiger partial charge in [-0.15, -0.1) is 0 Å². The van der Waals surface area contributed by atoms with Crippen LogP contribution in [-0.2, 0) is 0 Å². The molecule has 6 heteroatoms. The van der Waals surface area contributed by atoms with Gasteiger partial charge in [-0.1, -0.05) is 34.1 Å². The first-order valence-corrected chi connectivity index (χ1v) is 9.62. The molecule has 0 aliphatic carbocycles. The van der Waals surface area contributed by atoms with Crippen molar-refractivity contribution in [3.8, 4) is 0 Å². The summed E-state index contributed by atoms with van der Waals surface area (Å²) in [7, 11) is 0. The average molecular weight is 521 g/mol. The van der Waals surface area contributed by atoms with Gasteiger partial charge in [-0.3, -0.25) is 9.59 Å². The molecule has 0 aliphatic rings. The summed E-state index contributed by atoms with van der Waals surface area (Å²) in [5, 5.41) is 5.68. The number of carbonyl (C=O) groups excluding carboxylic acids is 2. The van der Waals surface area contributed by atoms with Gasteiger partial charge < -0.3 is 10.6 Å². The molecule has 0 spiro atoms. The Morgan fingerprint density at radius 3 is 1.85 bits per heavy atom. The van der Waals surface area contributed by atoms with Crippen molar-refractivity contribution in [2.24, 2.45) is 0 Å². The highest BCUT2D eigenvalue weighted by Gasteiger charge is 2.09. The van der Waals surface area contributed by atoms with Crippen molar-refractivity contribution in [1.82, 2.24) is 0 Å². The Balaban J connectivity index is 1.72. The van der Waals surface area contributed by atoms with Gasteiger partial charge in [-0.2, -0.15) is 0 Å². The van der Waals surface area contributed by atoms with Gasteiger partial charge in [-0.25, -0.2) is 0 Å². The molecule has 0 aliphatic heterocycles. The highest BCUT2D eigenvalue weighted by Crippen LogP contribution is 2.19. The van der Waals surface area contributed by atoms with Gasteiger partial charge in [0.1, 0.15) is 0 Å². The molecule has 0 saturated carbocycles. The molecule has 0 aromatic heterocycles. The maximum absolute atomic E-state index is 12.4. The molecule has 0 atom stereocenters. The quantitative estimate of drug-likeness (QED) is 0.442. The Hall–Kier alpha value is -2.19. The third-order valence-corrected chi connectivity index (χ3v) is 4.72. The van der Waals surface area contributed by atoms with Gasteiger partial charge in [0, 0.05) is 30.5 Å². The van der Waals surface area contributed by atoms with Crippen molar-refractivity contribution < 1.29 is 9.59 Å². The number of hydrogen-bond acceptors (Lipinski definition) is 2. The van der Waals surface area contributed by atoms with Crippen LogP contribution in [0, 0.1) is 3.57 Å². The van der Waals surface area contributed by atoms with Gasteiger partial charge in [-0.05, 0) is 77.2 Å². The topological polar surface area (TPSA) is 58.2 Å². The number of anilines is 2. The largest absolute Gasteiger partial charge is 0.322 e. The summed E-state index contributed by atoms with van der Waals surface area (Å²) in [5.41, 5.74) is 2.35. The molecule has 0 bridgehead atoms. The van der Waals surface area contributed by atoms with E-state index in [1.807, 2.05) is 24.3 Å². The van der Waals surface area contributed by atoms with E-state index in [4.69, 9.17) is 0 Å². The summed E-state index contributed by atoms with van der Waals surface area (Å²) in [6.07, 6.45) is 0. The van der Waals surface area contributed by atoms with Crippen LogP contribution >= 0.6 is 38.5 Å². The summed E-state index contributed by atoms with van der Waals surface area (Å²) >= 11 is 5.52. The fourth-order valence-corrected chi connectivity index (χ4v) is 3.28. The zero-order valence-electron chi connectivity index (χ0n) is 13.5. The maximum atomic E-state index is 12.4. The third-order valence-electron chi connectivity index (χ3n) is 3.55. The van der Waals surface area contributed by atoms with Crippen molar-refractivity contribution in [2.45, 2.75) is 0 Å². The molecular formula is C20H14BrIN2O2. The number of halogens is 2. The van der Waals surface area contributed by atoms with Crippen molar-refractivity contribution >= 4 is 61.7 Å². The second-order valence-electron chi connectivity index (χ2n) is 5.51. The molecule has 0 fully saturated rings. The third kappa shape index (κ3) is 4.92. The van der Waals surface area contributed by atoms with Crippen LogP contribution in [0.4, 0.5) is 11.4 Å². The zero-order valence-corrected chi connectivity index (χ0v) is 17.2. The van der Waals surface area contributed by atoms with E-state index in [0.29, 0.717) is 22.5 Å².